The zero-order valence-corrected chi connectivity index (χ0v) is 16.9. The van der Waals surface area contributed by atoms with Crippen LogP contribution in [0.2, 0.25) is 5.02 Å². The lowest BCUT2D eigenvalue weighted by molar-refractivity contribution is -0.122. The van der Waals surface area contributed by atoms with E-state index in [0.29, 0.717) is 17.3 Å². The number of amides is 2. The van der Waals surface area contributed by atoms with Gasteiger partial charge in [0.25, 0.3) is 0 Å². The van der Waals surface area contributed by atoms with Gasteiger partial charge in [-0.3, -0.25) is 9.59 Å². The number of benzene rings is 2. The molecule has 1 fully saturated rings. The van der Waals surface area contributed by atoms with E-state index in [4.69, 9.17) is 11.6 Å². The van der Waals surface area contributed by atoms with E-state index in [0.717, 1.165) is 16.8 Å². The van der Waals surface area contributed by atoms with E-state index in [1.165, 1.54) is 0 Å². The van der Waals surface area contributed by atoms with Crippen LogP contribution in [0.1, 0.15) is 38.3 Å². The Balaban J connectivity index is 1.80. The molecule has 142 valence electrons. The Bertz CT molecular complexity index is 886. The van der Waals surface area contributed by atoms with E-state index in [1.807, 2.05) is 37.3 Å². The average Bonchev–Trinajstić information content (AvgIpc) is 2.99. The predicted octanol–water partition coefficient (Wildman–Crippen LogP) is 4.94. The maximum absolute atomic E-state index is 12.7. The lowest BCUT2D eigenvalue weighted by Gasteiger charge is -2.27. The summed E-state index contributed by atoms with van der Waals surface area (Å²) in [5.74, 6) is -0.553. The van der Waals surface area contributed by atoms with E-state index in [9.17, 15) is 9.59 Å². The fourth-order valence-electron chi connectivity index (χ4n) is 3.42. The third kappa shape index (κ3) is 4.16. The first-order valence-corrected chi connectivity index (χ1v) is 9.51. The quantitative estimate of drug-likeness (QED) is 0.814. The van der Waals surface area contributed by atoms with Crippen molar-refractivity contribution in [1.29, 1.82) is 0 Å². The predicted molar refractivity (Wildman–Crippen MR) is 110 cm³/mol. The molecular formula is C22H25ClN2O2. The first-order valence-electron chi connectivity index (χ1n) is 9.13. The molecule has 0 saturated carbocycles. The van der Waals surface area contributed by atoms with E-state index in [-0.39, 0.29) is 29.6 Å². The first kappa shape index (κ1) is 19.4. The number of hydrogen-bond donors (Lipinski definition) is 1. The zero-order valence-electron chi connectivity index (χ0n) is 16.2. The van der Waals surface area contributed by atoms with Crippen LogP contribution in [0, 0.1) is 12.8 Å². The van der Waals surface area contributed by atoms with Crippen LogP contribution in [0.4, 0.5) is 11.4 Å². The Hall–Kier alpha value is -2.33. The summed E-state index contributed by atoms with van der Waals surface area (Å²) in [4.78, 5) is 27.2. The van der Waals surface area contributed by atoms with Crippen LogP contribution in [-0.2, 0) is 15.0 Å². The van der Waals surface area contributed by atoms with Crippen molar-refractivity contribution in [3.63, 3.8) is 0 Å². The van der Waals surface area contributed by atoms with Crippen molar-refractivity contribution in [2.75, 3.05) is 16.8 Å². The lowest BCUT2D eigenvalue weighted by Crippen LogP contribution is -2.30. The number of para-hydroxylation sites is 1. The molecule has 1 saturated heterocycles. The molecule has 0 radical (unpaired) electrons. The minimum absolute atomic E-state index is 0.0188. The topological polar surface area (TPSA) is 49.4 Å². The molecule has 2 aromatic carbocycles. The summed E-state index contributed by atoms with van der Waals surface area (Å²) in [5, 5.41) is 3.50. The fraction of sp³-hybridized carbons (Fsp3) is 0.364. The number of anilines is 2. The van der Waals surface area contributed by atoms with E-state index in [2.05, 4.69) is 26.1 Å². The molecule has 0 aromatic heterocycles. The van der Waals surface area contributed by atoms with Gasteiger partial charge in [0.15, 0.2) is 0 Å². The molecule has 1 aliphatic rings. The van der Waals surface area contributed by atoms with Gasteiger partial charge in [-0.1, -0.05) is 56.6 Å². The van der Waals surface area contributed by atoms with Gasteiger partial charge in [0, 0.05) is 29.4 Å². The largest absolute Gasteiger partial charge is 0.325 e. The monoisotopic (exact) mass is 384 g/mol. The van der Waals surface area contributed by atoms with E-state index < -0.39 is 0 Å². The Morgan fingerprint density at radius 1 is 1.19 bits per heavy atom. The SMILES string of the molecule is Cc1ccc(Cl)cc1NC(=O)C1CC(=O)N(c2ccccc2C(C)(C)C)C1. The maximum Gasteiger partial charge on any atom is 0.229 e. The molecule has 1 unspecified atom stereocenters. The van der Waals surface area contributed by atoms with Gasteiger partial charge in [-0.25, -0.2) is 0 Å². The standard InChI is InChI=1S/C22H25ClN2O2/c1-14-9-10-16(23)12-18(14)24-21(27)15-11-20(26)25(13-15)19-8-6-5-7-17(19)22(2,3)4/h5-10,12,15H,11,13H2,1-4H3,(H,24,27). The highest BCUT2D eigenvalue weighted by Crippen LogP contribution is 2.35. The van der Waals surface area contributed by atoms with Crippen LogP contribution >= 0.6 is 11.6 Å². The molecule has 1 atom stereocenters. The lowest BCUT2D eigenvalue weighted by atomic mass is 9.85. The maximum atomic E-state index is 12.7. The van der Waals surface area contributed by atoms with Crippen LogP contribution in [0.3, 0.4) is 0 Å². The number of carbonyl (C=O) groups is 2. The van der Waals surface area contributed by atoms with E-state index >= 15 is 0 Å². The van der Waals surface area contributed by atoms with Crippen LogP contribution in [0.5, 0.6) is 0 Å². The van der Waals surface area contributed by atoms with E-state index in [1.54, 1.807) is 17.0 Å². The third-order valence-electron chi connectivity index (χ3n) is 4.96. The molecule has 1 aliphatic heterocycles. The summed E-state index contributed by atoms with van der Waals surface area (Å²) in [7, 11) is 0. The van der Waals surface area contributed by atoms with Crippen LogP contribution in [0.25, 0.3) is 0 Å². The van der Waals surface area contributed by atoms with Crippen molar-refractivity contribution >= 4 is 34.8 Å². The summed E-state index contributed by atoms with van der Waals surface area (Å²) >= 11 is 6.03. The first-order chi connectivity index (χ1) is 12.7. The number of hydrogen-bond acceptors (Lipinski definition) is 2. The van der Waals surface area contributed by atoms with Crippen molar-refractivity contribution in [1.82, 2.24) is 0 Å². The Labute approximate surface area is 165 Å². The number of carbonyl (C=O) groups excluding carboxylic acids is 2. The Kier molecular flexibility index (Phi) is 5.29. The van der Waals surface area contributed by atoms with Crippen molar-refractivity contribution in [2.45, 2.75) is 39.5 Å². The molecule has 1 heterocycles. The van der Waals surface area contributed by atoms with Gasteiger partial charge >= 0.3 is 0 Å². The highest BCUT2D eigenvalue weighted by molar-refractivity contribution is 6.31. The molecule has 3 rings (SSSR count). The van der Waals surface area contributed by atoms with Crippen molar-refractivity contribution in [3.05, 3.63) is 58.6 Å². The molecule has 4 nitrogen and oxygen atoms in total. The smallest absolute Gasteiger partial charge is 0.229 e. The number of aryl methyl sites for hydroxylation is 1. The third-order valence-corrected chi connectivity index (χ3v) is 5.19. The van der Waals surface area contributed by atoms with Crippen LogP contribution < -0.4 is 10.2 Å². The Morgan fingerprint density at radius 3 is 2.59 bits per heavy atom. The van der Waals surface area contributed by atoms with Gasteiger partial charge in [0.1, 0.15) is 0 Å². The van der Waals surface area contributed by atoms with Crippen molar-refractivity contribution < 1.29 is 9.59 Å². The molecular weight excluding hydrogens is 360 g/mol. The summed E-state index contributed by atoms with van der Waals surface area (Å²) in [6.45, 7) is 8.67. The van der Waals surface area contributed by atoms with Crippen molar-refractivity contribution in [2.24, 2.45) is 5.92 Å². The highest BCUT2D eigenvalue weighted by Gasteiger charge is 2.37. The molecule has 27 heavy (non-hydrogen) atoms. The summed E-state index contributed by atoms with van der Waals surface area (Å²) in [5.41, 5.74) is 3.53. The summed E-state index contributed by atoms with van der Waals surface area (Å²) < 4.78 is 0. The number of nitrogens with one attached hydrogen (secondary N) is 1. The molecule has 5 heteroatoms. The summed E-state index contributed by atoms with van der Waals surface area (Å²) in [6.07, 6.45) is 0.212. The number of nitrogens with zero attached hydrogens (tertiary/aromatic N) is 1. The van der Waals surface area contributed by atoms with Crippen molar-refractivity contribution in [3.8, 4) is 0 Å². The molecule has 1 N–H and O–H groups in total. The molecule has 0 spiro atoms. The minimum atomic E-state index is -0.385. The normalized spacial score (nSPS) is 17.3. The minimum Gasteiger partial charge on any atom is -0.325 e. The number of rotatable bonds is 3. The average molecular weight is 385 g/mol. The second kappa shape index (κ2) is 7.35. The molecule has 0 aliphatic carbocycles. The van der Waals surface area contributed by atoms with Gasteiger partial charge in [-0.05, 0) is 41.7 Å². The zero-order chi connectivity index (χ0) is 19.8. The van der Waals surface area contributed by atoms with Crippen LogP contribution in [0.15, 0.2) is 42.5 Å². The molecule has 2 aromatic rings. The summed E-state index contributed by atoms with van der Waals surface area (Å²) in [6, 6.07) is 13.3. The van der Waals surface area contributed by atoms with Gasteiger partial charge < -0.3 is 10.2 Å². The molecule has 0 bridgehead atoms. The van der Waals surface area contributed by atoms with Gasteiger partial charge in [0.05, 0.1) is 5.92 Å². The van der Waals surface area contributed by atoms with Gasteiger partial charge in [0.2, 0.25) is 11.8 Å². The van der Waals surface area contributed by atoms with Gasteiger partial charge in [-0.15, -0.1) is 0 Å². The van der Waals surface area contributed by atoms with Crippen LogP contribution in [-0.4, -0.2) is 18.4 Å². The highest BCUT2D eigenvalue weighted by atomic mass is 35.5. The number of halogens is 1. The van der Waals surface area contributed by atoms with Gasteiger partial charge in [-0.2, -0.15) is 0 Å². The second-order valence-corrected chi connectivity index (χ2v) is 8.56. The Morgan fingerprint density at radius 2 is 1.89 bits per heavy atom. The second-order valence-electron chi connectivity index (χ2n) is 8.12. The molecule has 2 amide bonds. The fourth-order valence-corrected chi connectivity index (χ4v) is 3.60.